The molecule has 22 heavy (non-hydrogen) atoms. The first-order valence-corrected chi connectivity index (χ1v) is 8.33. The lowest BCUT2D eigenvalue weighted by Crippen LogP contribution is -2.19. The molecule has 0 aliphatic heterocycles. The molecule has 0 bridgehead atoms. The van der Waals surface area contributed by atoms with Gasteiger partial charge in [-0.3, -0.25) is 4.79 Å². The highest BCUT2D eigenvalue weighted by atomic mass is 35.6. The van der Waals surface area contributed by atoms with Gasteiger partial charge in [-0.25, -0.2) is 0 Å². The normalized spacial score (nSPS) is 13.9. The van der Waals surface area contributed by atoms with E-state index in [1.165, 1.54) is 0 Å². The number of carbonyl (C=O) groups excluding carboxylic acids is 1. The van der Waals surface area contributed by atoms with Crippen molar-refractivity contribution in [1.29, 1.82) is 0 Å². The van der Waals surface area contributed by atoms with Crippen LogP contribution in [0.15, 0.2) is 0 Å². The zero-order valence-corrected chi connectivity index (χ0v) is 15.4. The largest absolute Gasteiger partial charge is 0.462 e. The molecule has 2 atom stereocenters. The summed E-state index contributed by atoms with van der Waals surface area (Å²) in [4.78, 5) is 11.4. The van der Waals surface area contributed by atoms with Crippen LogP contribution in [0.1, 0.15) is 46.5 Å². The van der Waals surface area contributed by atoms with Crippen molar-refractivity contribution in [2.45, 2.75) is 62.6 Å². The summed E-state index contributed by atoms with van der Waals surface area (Å²) in [7, 11) is 0. The van der Waals surface area contributed by atoms with Gasteiger partial charge < -0.3 is 14.2 Å². The van der Waals surface area contributed by atoms with Crippen LogP contribution in [0.2, 0.25) is 0 Å². The van der Waals surface area contributed by atoms with Crippen LogP contribution in [0, 0.1) is 11.8 Å². The number of hydrogen-bond acceptors (Lipinski definition) is 4. The Hall–Kier alpha value is -0.180. The standard InChI is InChI=1S/C15H23Cl3O4/c1-4-9-20-13(3)21-10-7-5-6-8-12(2)22-14(19)11-15(16,17)18/h12-13H,4,7-11H2,1-3H3/t12-,13-/m1/s1. The lowest BCUT2D eigenvalue weighted by molar-refractivity contribution is -0.147. The molecule has 4 nitrogen and oxygen atoms in total. The van der Waals surface area contributed by atoms with E-state index >= 15 is 0 Å². The second-order valence-corrected chi connectivity index (χ2v) is 7.23. The molecule has 0 unspecified atom stereocenters. The third kappa shape index (κ3) is 14.7. The Labute approximate surface area is 147 Å². The van der Waals surface area contributed by atoms with E-state index in [2.05, 4.69) is 11.8 Å². The highest BCUT2D eigenvalue weighted by Crippen LogP contribution is 2.30. The van der Waals surface area contributed by atoms with Gasteiger partial charge in [0, 0.05) is 19.4 Å². The molecular weight excluding hydrogens is 351 g/mol. The Bertz CT molecular complexity index is 371. The Morgan fingerprint density at radius 3 is 2.36 bits per heavy atom. The van der Waals surface area contributed by atoms with E-state index in [-0.39, 0.29) is 18.8 Å². The average molecular weight is 374 g/mol. The summed E-state index contributed by atoms with van der Waals surface area (Å²) in [5.41, 5.74) is 0. The van der Waals surface area contributed by atoms with Gasteiger partial charge in [-0.15, -0.1) is 5.92 Å². The van der Waals surface area contributed by atoms with Crippen molar-refractivity contribution in [3.63, 3.8) is 0 Å². The first-order chi connectivity index (χ1) is 10.2. The van der Waals surface area contributed by atoms with Gasteiger partial charge >= 0.3 is 5.97 Å². The van der Waals surface area contributed by atoms with E-state index in [0.29, 0.717) is 26.1 Å². The topological polar surface area (TPSA) is 44.8 Å². The number of carbonyl (C=O) groups is 1. The zero-order chi connectivity index (χ0) is 17.0. The van der Waals surface area contributed by atoms with Crippen molar-refractivity contribution >= 4 is 40.8 Å². The van der Waals surface area contributed by atoms with E-state index in [0.717, 1.165) is 6.42 Å². The van der Waals surface area contributed by atoms with E-state index in [4.69, 9.17) is 49.0 Å². The second-order valence-electron chi connectivity index (χ2n) is 4.71. The molecule has 0 saturated carbocycles. The van der Waals surface area contributed by atoms with Gasteiger partial charge in [-0.2, -0.15) is 0 Å². The molecule has 7 heteroatoms. The van der Waals surface area contributed by atoms with Crippen molar-refractivity contribution in [2.75, 3.05) is 13.2 Å². The van der Waals surface area contributed by atoms with E-state index in [1.807, 2.05) is 13.8 Å². The average Bonchev–Trinajstić information content (AvgIpc) is 2.37. The summed E-state index contributed by atoms with van der Waals surface area (Å²) in [5.74, 6) is 5.32. The van der Waals surface area contributed by atoms with Crippen molar-refractivity contribution in [3.8, 4) is 11.8 Å². The molecule has 0 spiro atoms. The lowest BCUT2D eigenvalue weighted by atomic mass is 10.3. The van der Waals surface area contributed by atoms with Gasteiger partial charge in [0.25, 0.3) is 0 Å². The van der Waals surface area contributed by atoms with Gasteiger partial charge in [-0.05, 0) is 20.3 Å². The summed E-state index contributed by atoms with van der Waals surface area (Å²) in [6.45, 7) is 6.82. The lowest BCUT2D eigenvalue weighted by Gasteiger charge is -2.13. The molecule has 0 aliphatic rings. The summed E-state index contributed by atoms with van der Waals surface area (Å²) < 4.78 is 14.2. The predicted molar refractivity (Wildman–Crippen MR) is 89.1 cm³/mol. The Morgan fingerprint density at radius 1 is 1.14 bits per heavy atom. The Kier molecular flexibility index (Phi) is 12.2. The molecule has 0 aromatic rings. The fourth-order valence-electron chi connectivity index (χ4n) is 1.38. The number of rotatable bonds is 9. The minimum Gasteiger partial charge on any atom is -0.462 e. The highest BCUT2D eigenvalue weighted by Gasteiger charge is 2.25. The summed E-state index contributed by atoms with van der Waals surface area (Å²) in [6.07, 6.45) is 1.13. The van der Waals surface area contributed by atoms with Crippen molar-refractivity contribution in [1.82, 2.24) is 0 Å². The predicted octanol–water partition coefficient (Wildman–Crippen LogP) is 4.25. The molecule has 0 rings (SSSR count). The molecule has 128 valence electrons. The minimum absolute atomic E-state index is 0.219. The quantitative estimate of drug-likeness (QED) is 0.199. The van der Waals surface area contributed by atoms with Crippen LogP contribution < -0.4 is 0 Å². The molecule has 0 heterocycles. The fraction of sp³-hybridized carbons (Fsp3) is 0.800. The van der Waals surface area contributed by atoms with Crippen LogP contribution in [-0.2, 0) is 19.0 Å². The molecule has 0 fully saturated rings. The highest BCUT2D eigenvalue weighted by molar-refractivity contribution is 6.68. The van der Waals surface area contributed by atoms with E-state index in [1.54, 1.807) is 6.92 Å². The number of ether oxygens (including phenoxy) is 3. The second kappa shape index (κ2) is 12.3. The molecule has 0 aromatic heterocycles. The smallest absolute Gasteiger partial charge is 0.310 e. The molecule has 0 aromatic carbocycles. The first kappa shape index (κ1) is 21.8. The molecule has 0 amide bonds. The number of esters is 1. The fourth-order valence-corrected chi connectivity index (χ4v) is 1.71. The van der Waals surface area contributed by atoms with Crippen molar-refractivity contribution in [2.24, 2.45) is 0 Å². The number of hydrogen-bond donors (Lipinski definition) is 0. The van der Waals surface area contributed by atoms with Gasteiger partial charge in [0.1, 0.15) is 6.10 Å². The van der Waals surface area contributed by atoms with Crippen molar-refractivity contribution in [3.05, 3.63) is 0 Å². The van der Waals surface area contributed by atoms with E-state index < -0.39 is 9.76 Å². The monoisotopic (exact) mass is 372 g/mol. The summed E-state index contributed by atoms with van der Waals surface area (Å²) >= 11 is 16.5. The van der Waals surface area contributed by atoms with Gasteiger partial charge in [0.05, 0.1) is 13.0 Å². The molecule has 0 radical (unpaired) electrons. The molecule has 0 aliphatic carbocycles. The third-order valence-corrected chi connectivity index (χ3v) is 2.73. The Balaban J connectivity index is 3.75. The van der Waals surface area contributed by atoms with Gasteiger partial charge in [-0.1, -0.05) is 47.6 Å². The Morgan fingerprint density at radius 2 is 1.77 bits per heavy atom. The molecule has 0 N–H and O–H groups in total. The maximum atomic E-state index is 11.4. The van der Waals surface area contributed by atoms with Gasteiger partial charge in [0.2, 0.25) is 3.79 Å². The van der Waals surface area contributed by atoms with Crippen LogP contribution in [0.5, 0.6) is 0 Å². The molecule has 0 saturated heterocycles. The van der Waals surface area contributed by atoms with Crippen LogP contribution in [0.4, 0.5) is 0 Å². The first-order valence-electron chi connectivity index (χ1n) is 7.19. The maximum Gasteiger partial charge on any atom is 0.310 e. The van der Waals surface area contributed by atoms with E-state index in [9.17, 15) is 4.79 Å². The number of halogens is 3. The van der Waals surface area contributed by atoms with Crippen LogP contribution >= 0.6 is 34.8 Å². The zero-order valence-electron chi connectivity index (χ0n) is 13.2. The molecular formula is C15H23Cl3O4. The van der Waals surface area contributed by atoms with Crippen LogP contribution in [0.3, 0.4) is 0 Å². The van der Waals surface area contributed by atoms with Crippen LogP contribution in [0.25, 0.3) is 0 Å². The van der Waals surface area contributed by atoms with Crippen LogP contribution in [-0.4, -0.2) is 35.4 Å². The SMILES string of the molecule is CCCO[C@@H](C)OCCC#CC[C@@H](C)OC(=O)CC(Cl)(Cl)Cl. The summed E-state index contributed by atoms with van der Waals surface area (Å²) in [6, 6.07) is 0. The third-order valence-electron chi connectivity index (χ3n) is 2.33. The number of alkyl halides is 3. The maximum absolute atomic E-state index is 11.4. The van der Waals surface area contributed by atoms with Gasteiger partial charge in [0.15, 0.2) is 6.29 Å². The minimum atomic E-state index is -1.63. The van der Waals surface area contributed by atoms with Crippen molar-refractivity contribution < 1.29 is 19.0 Å². The summed E-state index contributed by atoms with van der Waals surface area (Å²) in [5, 5.41) is 0.